The van der Waals surface area contributed by atoms with Gasteiger partial charge in [-0.05, 0) is 55.3 Å². The zero-order valence-electron chi connectivity index (χ0n) is 15.7. The molecule has 0 bridgehead atoms. The molecule has 0 amide bonds. The van der Waals surface area contributed by atoms with Crippen molar-refractivity contribution in [3.63, 3.8) is 0 Å². The molecule has 3 nitrogen and oxygen atoms in total. The van der Waals surface area contributed by atoms with Gasteiger partial charge < -0.3 is 9.30 Å². The summed E-state index contributed by atoms with van der Waals surface area (Å²) in [5, 5.41) is 1.29. The van der Waals surface area contributed by atoms with Gasteiger partial charge in [-0.15, -0.1) is 0 Å². The number of ether oxygens (including phenoxy) is 1. The molecule has 142 valence electrons. The van der Waals surface area contributed by atoms with E-state index in [1.807, 2.05) is 49.4 Å². The molecule has 3 aromatic carbocycles. The molecule has 0 aliphatic rings. The Morgan fingerprint density at radius 3 is 2.46 bits per heavy atom. The summed E-state index contributed by atoms with van der Waals surface area (Å²) in [4.78, 5) is 4.79. The van der Waals surface area contributed by atoms with Gasteiger partial charge in [-0.2, -0.15) is 0 Å². The van der Waals surface area contributed by atoms with E-state index >= 15 is 0 Å². The van der Waals surface area contributed by atoms with E-state index in [4.69, 9.17) is 32.9 Å². The van der Waals surface area contributed by atoms with Crippen molar-refractivity contribution < 1.29 is 4.74 Å². The van der Waals surface area contributed by atoms with Crippen LogP contribution < -0.4 is 4.74 Å². The Balaban J connectivity index is 1.72. The molecular weight excluding hydrogens is 391 g/mol. The highest BCUT2D eigenvalue weighted by atomic mass is 35.5. The Morgan fingerprint density at radius 2 is 1.68 bits per heavy atom. The second-order valence-electron chi connectivity index (χ2n) is 6.86. The fraction of sp³-hybridized carbons (Fsp3) is 0.174. The van der Waals surface area contributed by atoms with Crippen LogP contribution in [0, 0.1) is 13.8 Å². The first-order valence-corrected chi connectivity index (χ1v) is 9.85. The number of hydrogen-bond donors (Lipinski definition) is 0. The molecule has 0 N–H and O–H groups in total. The van der Waals surface area contributed by atoms with Crippen molar-refractivity contribution in [1.29, 1.82) is 0 Å². The molecule has 1 heterocycles. The van der Waals surface area contributed by atoms with Gasteiger partial charge in [0, 0.05) is 15.6 Å². The molecular formula is C23H20Cl2N2O. The van der Waals surface area contributed by atoms with Crippen molar-refractivity contribution in [2.75, 3.05) is 0 Å². The summed E-state index contributed by atoms with van der Waals surface area (Å²) in [6.45, 7) is 4.99. The Labute approximate surface area is 174 Å². The number of halogens is 2. The van der Waals surface area contributed by atoms with Crippen molar-refractivity contribution in [1.82, 2.24) is 9.55 Å². The van der Waals surface area contributed by atoms with Gasteiger partial charge in [0.1, 0.15) is 18.2 Å². The summed E-state index contributed by atoms with van der Waals surface area (Å²) in [6, 6.07) is 19.8. The van der Waals surface area contributed by atoms with E-state index in [1.165, 1.54) is 0 Å². The number of imidazole rings is 1. The standard InChI is InChI=1S/C23H20Cl2N2O/c1-15-10-11-16(2)22(12-15)28-14-23-26-20-8-3-4-9-21(20)27(23)13-17-18(24)6-5-7-19(17)25/h3-12H,13-14H2,1-2H3. The van der Waals surface area contributed by atoms with Crippen LogP contribution in [0.15, 0.2) is 60.7 Å². The maximum absolute atomic E-state index is 6.41. The molecule has 1 aromatic heterocycles. The molecule has 0 aliphatic carbocycles. The molecule has 0 atom stereocenters. The zero-order chi connectivity index (χ0) is 19.7. The van der Waals surface area contributed by atoms with Crippen LogP contribution >= 0.6 is 23.2 Å². The van der Waals surface area contributed by atoms with E-state index in [9.17, 15) is 0 Å². The number of aromatic nitrogens is 2. The van der Waals surface area contributed by atoms with Crippen molar-refractivity contribution in [2.45, 2.75) is 27.0 Å². The summed E-state index contributed by atoms with van der Waals surface area (Å²) in [5.74, 6) is 1.70. The average molecular weight is 411 g/mol. The number of benzene rings is 3. The van der Waals surface area contributed by atoms with Crippen molar-refractivity contribution >= 4 is 34.2 Å². The van der Waals surface area contributed by atoms with E-state index in [-0.39, 0.29) is 0 Å². The molecule has 28 heavy (non-hydrogen) atoms. The van der Waals surface area contributed by atoms with Crippen LogP contribution in [-0.4, -0.2) is 9.55 Å². The fourth-order valence-corrected chi connectivity index (χ4v) is 3.78. The van der Waals surface area contributed by atoms with Gasteiger partial charge in [0.25, 0.3) is 0 Å². The quantitative estimate of drug-likeness (QED) is 0.371. The van der Waals surface area contributed by atoms with Gasteiger partial charge in [0.2, 0.25) is 0 Å². The highest BCUT2D eigenvalue weighted by molar-refractivity contribution is 6.36. The van der Waals surface area contributed by atoms with Gasteiger partial charge in [0.05, 0.1) is 17.6 Å². The van der Waals surface area contributed by atoms with Crippen LogP contribution in [-0.2, 0) is 13.2 Å². The molecule has 0 aliphatic heterocycles. The molecule has 5 heteroatoms. The molecule has 4 aromatic rings. The number of aryl methyl sites for hydroxylation is 2. The highest BCUT2D eigenvalue weighted by Gasteiger charge is 2.15. The SMILES string of the molecule is Cc1ccc(C)c(OCc2nc3ccccc3n2Cc2c(Cl)cccc2Cl)c1. The van der Waals surface area contributed by atoms with Gasteiger partial charge in [-0.1, -0.05) is 53.5 Å². The molecule has 4 rings (SSSR count). The lowest BCUT2D eigenvalue weighted by molar-refractivity contribution is 0.289. The summed E-state index contributed by atoms with van der Waals surface area (Å²) in [7, 11) is 0. The van der Waals surface area contributed by atoms with Crippen LogP contribution in [0.3, 0.4) is 0 Å². The smallest absolute Gasteiger partial charge is 0.148 e. The predicted molar refractivity (Wildman–Crippen MR) is 116 cm³/mol. The molecule has 0 fully saturated rings. The van der Waals surface area contributed by atoms with Crippen molar-refractivity contribution in [2.24, 2.45) is 0 Å². The minimum Gasteiger partial charge on any atom is -0.485 e. The third-order valence-electron chi connectivity index (χ3n) is 4.81. The maximum atomic E-state index is 6.41. The average Bonchev–Trinajstić information content (AvgIpc) is 3.03. The Morgan fingerprint density at radius 1 is 0.929 bits per heavy atom. The zero-order valence-corrected chi connectivity index (χ0v) is 17.3. The van der Waals surface area contributed by atoms with E-state index in [0.717, 1.165) is 39.3 Å². The minimum atomic E-state index is 0.362. The molecule has 0 radical (unpaired) electrons. The predicted octanol–water partition coefficient (Wildman–Crippen LogP) is 6.59. The Kier molecular flexibility index (Phi) is 5.29. The minimum absolute atomic E-state index is 0.362. The largest absolute Gasteiger partial charge is 0.485 e. The normalized spacial score (nSPS) is 11.1. The number of hydrogen-bond acceptors (Lipinski definition) is 2. The molecule has 0 unspecified atom stereocenters. The van der Waals surface area contributed by atoms with Crippen LogP contribution in [0.5, 0.6) is 5.75 Å². The number of para-hydroxylation sites is 2. The third-order valence-corrected chi connectivity index (χ3v) is 5.52. The number of rotatable bonds is 5. The van der Waals surface area contributed by atoms with E-state index in [2.05, 4.69) is 29.7 Å². The monoisotopic (exact) mass is 410 g/mol. The van der Waals surface area contributed by atoms with E-state index in [1.54, 1.807) is 0 Å². The summed E-state index contributed by atoms with van der Waals surface area (Å²) < 4.78 is 8.24. The van der Waals surface area contributed by atoms with Gasteiger partial charge in [0.15, 0.2) is 0 Å². The summed E-state index contributed by atoms with van der Waals surface area (Å²) >= 11 is 12.8. The van der Waals surface area contributed by atoms with Gasteiger partial charge in [-0.25, -0.2) is 4.98 Å². The highest BCUT2D eigenvalue weighted by Crippen LogP contribution is 2.28. The number of nitrogens with zero attached hydrogens (tertiary/aromatic N) is 2. The van der Waals surface area contributed by atoms with Crippen LogP contribution in [0.2, 0.25) is 10.0 Å². The summed E-state index contributed by atoms with van der Waals surface area (Å²) in [6.07, 6.45) is 0. The fourth-order valence-electron chi connectivity index (χ4n) is 3.26. The second kappa shape index (κ2) is 7.86. The van der Waals surface area contributed by atoms with E-state index < -0.39 is 0 Å². The molecule has 0 spiro atoms. The van der Waals surface area contributed by atoms with Gasteiger partial charge >= 0.3 is 0 Å². The Bertz CT molecular complexity index is 1130. The molecule has 0 saturated heterocycles. The topological polar surface area (TPSA) is 27.1 Å². The molecule has 0 saturated carbocycles. The van der Waals surface area contributed by atoms with E-state index in [0.29, 0.717) is 23.2 Å². The first kappa shape index (κ1) is 18.9. The third kappa shape index (κ3) is 3.73. The second-order valence-corrected chi connectivity index (χ2v) is 7.68. The lowest BCUT2D eigenvalue weighted by atomic mass is 10.1. The van der Waals surface area contributed by atoms with Gasteiger partial charge in [-0.3, -0.25) is 0 Å². The van der Waals surface area contributed by atoms with Crippen molar-refractivity contribution in [3.8, 4) is 5.75 Å². The van der Waals surface area contributed by atoms with Crippen LogP contribution in [0.25, 0.3) is 11.0 Å². The first-order valence-electron chi connectivity index (χ1n) is 9.10. The lowest BCUT2D eigenvalue weighted by Crippen LogP contribution is -2.09. The van der Waals surface area contributed by atoms with Crippen molar-refractivity contribution in [3.05, 3.63) is 93.2 Å². The van der Waals surface area contributed by atoms with Crippen LogP contribution in [0.4, 0.5) is 0 Å². The maximum Gasteiger partial charge on any atom is 0.148 e. The lowest BCUT2D eigenvalue weighted by Gasteiger charge is -2.14. The van der Waals surface area contributed by atoms with Crippen LogP contribution in [0.1, 0.15) is 22.5 Å². The number of fused-ring (bicyclic) bond motifs is 1. The summed E-state index contributed by atoms with van der Waals surface area (Å²) in [5.41, 5.74) is 5.09. The first-order chi connectivity index (χ1) is 13.5. The Hall–Kier alpha value is -2.49.